The summed E-state index contributed by atoms with van der Waals surface area (Å²) in [5.74, 6) is 0. The molecule has 0 saturated heterocycles. The minimum absolute atomic E-state index is 0.130. The zero-order valence-corrected chi connectivity index (χ0v) is 12.8. The largest absolute Gasteiger partial charge is 0.375 e. The van der Waals surface area contributed by atoms with Gasteiger partial charge in [-0.15, -0.1) is 0 Å². The zero-order valence-electron chi connectivity index (χ0n) is 11.2. The molecule has 1 atom stereocenters. The van der Waals surface area contributed by atoms with Gasteiger partial charge < -0.3 is 10.5 Å². The molecule has 0 aliphatic heterocycles. The second kappa shape index (κ2) is 7.91. The Kier molecular flexibility index (Phi) is 6.88. The standard InChI is InChI=1S/C12H20BrF2N3O/c1-3-9-12(13)10(18(2)17-9)6-8(16)4-5-19-7-11(14)15/h8,11H,3-7,16H2,1-2H3. The normalized spacial score (nSPS) is 13.2. The van der Waals surface area contributed by atoms with Crippen molar-refractivity contribution >= 4 is 15.9 Å². The summed E-state index contributed by atoms with van der Waals surface area (Å²) in [6, 6.07) is -0.130. The van der Waals surface area contributed by atoms with Crippen LogP contribution in [0.4, 0.5) is 8.78 Å². The van der Waals surface area contributed by atoms with Crippen molar-refractivity contribution in [3.8, 4) is 0 Å². The number of rotatable bonds is 8. The first kappa shape index (κ1) is 16.5. The zero-order chi connectivity index (χ0) is 14.4. The van der Waals surface area contributed by atoms with Gasteiger partial charge in [0.05, 0.1) is 15.9 Å². The molecule has 0 amide bonds. The Hall–Kier alpha value is -0.530. The molecule has 7 heteroatoms. The Morgan fingerprint density at radius 3 is 2.68 bits per heavy atom. The number of nitrogens with two attached hydrogens (primary N) is 1. The summed E-state index contributed by atoms with van der Waals surface area (Å²) >= 11 is 3.52. The van der Waals surface area contributed by atoms with E-state index in [0.717, 1.165) is 22.3 Å². The monoisotopic (exact) mass is 339 g/mol. The maximum Gasteiger partial charge on any atom is 0.261 e. The molecule has 1 aromatic heterocycles. The molecule has 0 radical (unpaired) electrons. The van der Waals surface area contributed by atoms with Crippen LogP contribution in [0.5, 0.6) is 0 Å². The van der Waals surface area contributed by atoms with E-state index in [-0.39, 0.29) is 12.6 Å². The van der Waals surface area contributed by atoms with Crippen molar-refractivity contribution < 1.29 is 13.5 Å². The van der Waals surface area contributed by atoms with Crippen molar-refractivity contribution in [2.24, 2.45) is 12.8 Å². The van der Waals surface area contributed by atoms with Gasteiger partial charge in [0.15, 0.2) is 0 Å². The van der Waals surface area contributed by atoms with Crippen LogP contribution in [0.25, 0.3) is 0 Å². The van der Waals surface area contributed by atoms with Crippen molar-refractivity contribution in [3.63, 3.8) is 0 Å². The average molecular weight is 340 g/mol. The first-order chi connectivity index (χ1) is 8.95. The van der Waals surface area contributed by atoms with E-state index < -0.39 is 13.0 Å². The first-order valence-electron chi connectivity index (χ1n) is 6.27. The molecule has 0 saturated carbocycles. The lowest BCUT2D eigenvalue weighted by Gasteiger charge is -2.12. The molecule has 0 spiro atoms. The molecule has 1 aromatic rings. The molecule has 1 rings (SSSR count). The van der Waals surface area contributed by atoms with E-state index >= 15 is 0 Å². The molecule has 0 bridgehead atoms. The van der Waals surface area contributed by atoms with Gasteiger partial charge in [0.2, 0.25) is 0 Å². The average Bonchev–Trinajstić information content (AvgIpc) is 2.62. The fourth-order valence-electron chi connectivity index (χ4n) is 1.80. The van der Waals surface area contributed by atoms with Crippen LogP contribution in [0.3, 0.4) is 0 Å². The van der Waals surface area contributed by atoms with Crippen molar-refractivity contribution in [1.82, 2.24) is 9.78 Å². The van der Waals surface area contributed by atoms with Gasteiger partial charge in [0.1, 0.15) is 6.61 Å². The van der Waals surface area contributed by atoms with Crippen molar-refractivity contribution in [3.05, 3.63) is 15.9 Å². The highest BCUT2D eigenvalue weighted by molar-refractivity contribution is 9.10. The number of hydrogen-bond donors (Lipinski definition) is 1. The molecule has 0 fully saturated rings. The van der Waals surface area contributed by atoms with Gasteiger partial charge in [-0.25, -0.2) is 8.78 Å². The van der Waals surface area contributed by atoms with Gasteiger partial charge in [-0.1, -0.05) is 6.92 Å². The third-order valence-corrected chi connectivity index (χ3v) is 3.75. The molecule has 4 nitrogen and oxygen atoms in total. The van der Waals surface area contributed by atoms with E-state index in [1.54, 1.807) is 0 Å². The Morgan fingerprint density at radius 2 is 2.16 bits per heavy atom. The molecule has 19 heavy (non-hydrogen) atoms. The lowest BCUT2D eigenvalue weighted by atomic mass is 10.1. The SMILES string of the molecule is CCc1nn(C)c(CC(N)CCOCC(F)F)c1Br. The van der Waals surface area contributed by atoms with E-state index in [2.05, 4.69) is 21.0 Å². The molecule has 0 aliphatic rings. The Morgan fingerprint density at radius 1 is 1.47 bits per heavy atom. The van der Waals surface area contributed by atoms with Gasteiger partial charge >= 0.3 is 0 Å². The van der Waals surface area contributed by atoms with Gasteiger partial charge in [-0.05, 0) is 28.8 Å². The summed E-state index contributed by atoms with van der Waals surface area (Å²) in [4.78, 5) is 0. The second-order valence-corrected chi connectivity index (χ2v) is 5.20. The quantitative estimate of drug-likeness (QED) is 0.739. The van der Waals surface area contributed by atoms with Crippen LogP contribution in [-0.4, -0.2) is 35.5 Å². The van der Waals surface area contributed by atoms with E-state index in [9.17, 15) is 8.78 Å². The van der Waals surface area contributed by atoms with Crippen LogP contribution < -0.4 is 5.73 Å². The topological polar surface area (TPSA) is 53.1 Å². The lowest BCUT2D eigenvalue weighted by molar-refractivity contribution is 0.0152. The van der Waals surface area contributed by atoms with Crippen LogP contribution >= 0.6 is 15.9 Å². The van der Waals surface area contributed by atoms with Crippen LogP contribution in [0.2, 0.25) is 0 Å². The summed E-state index contributed by atoms with van der Waals surface area (Å²) in [6.45, 7) is 1.76. The summed E-state index contributed by atoms with van der Waals surface area (Å²) in [6.07, 6.45) is -0.385. The van der Waals surface area contributed by atoms with Crippen molar-refractivity contribution in [1.29, 1.82) is 0 Å². The summed E-state index contributed by atoms with van der Waals surface area (Å²) in [5, 5.41) is 4.39. The number of ether oxygens (including phenoxy) is 1. The predicted molar refractivity (Wildman–Crippen MR) is 73.4 cm³/mol. The fourth-order valence-corrected chi connectivity index (χ4v) is 2.58. The summed E-state index contributed by atoms with van der Waals surface area (Å²) in [5.41, 5.74) is 8.01. The van der Waals surface area contributed by atoms with Gasteiger partial charge in [-0.3, -0.25) is 4.68 Å². The predicted octanol–water partition coefficient (Wildman–Crippen LogP) is 2.29. The number of aromatic nitrogens is 2. The molecule has 1 heterocycles. The molecule has 2 N–H and O–H groups in total. The highest BCUT2D eigenvalue weighted by atomic mass is 79.9. The third-order valence-electron chi connectivity index (χ3n) is 2.84. The molecule has 110 valence electrons. The van der Waals surface area contributed by atoms with Gasteiger partial charge in [0.25, 0.3) is 6.43 Å². The highest BCUT2D eigenvalue weighted by Crippen LogP contribution is 2.22. The number of nitrogens with zero attached hydrogens (tertiary/aromatic N) is 2. The number of hydrogen-bond acceptors (Lipinski definition) is 3. The van der Waals surface area contributed by atoms with Crippen LogP contribution in [0.15, 0.2) is 4.47 Å². The highest BCUT2D eigenvalue weighted by Gasteiger charge is 2.15. The van der Waals surface area contributed by atoms with Crippen LogP contribution in [0.1, 0.15) is 24.7 Å². The Bertz CT molecular complexity index is 399. The molecular formula is C12H20BrF2N3O. The van der Waals surface area contributed by atoms with E-state index in [4.69, 9.17) is 10.5 Å². The van der Waals surface area contributed by atoms with Gasteiger partial charge in [0, 0.05) is 26.1 Å². The van der Waals surface area contributed by atoms with Gasteiger partial charge in [-0.2, -0.15) is 5.10 Å². The molecule has 0 aromatic carbocycles. The van der Waals surface area contributed by atoms with Crippen molar-refractivity contribution in [2.45, 2.75) is 38.7 Å². The van der Waals surface area contributed by atoms with Crippen LogP contribution in [0, 0.1) is 0 Å². The first-order valence-corrected chi connectivity index (χ1v) is 7.06. The minimum Gasteiger partial charge on any atom is -0.375 e. The van der Waals surface area contributed by atoms with Crippen LogP contribution in [-0.2, 0) is 24.6 Å². The molecular weight excluding hydrogens is 320 g/mol. The molecule has 0 aliphatic carbocycles. The fraction of sp³-hybridized carbons (Fsp3) is 0.750. The maximum atomic E-state index is 11.9. The Balaban J connectivity index is 2.44. The van der Waals surface area contributed by atoms with E-state index in [0.29, 0.717) is 12.8 Å². The number of alkyl halides is 2. The number of halogens is 3. The summed E-state index contributed by atoms with van der Waals surface area (Å²) < 4.78 is 31.4. The third kappa shape index (κ3) is 5.16. The Labute approximate surface area is 120 Å². The lowest BCUT2D eigenvalue weighted by Crippen LogP contribution is -2.26. The van der Waals surface area contributed by atoms with E-state index in [1.807, 2.05) is 18.7 Å². The number of aryl methyl sites for hydroxylation is 2. The molecule has 1 unspecified atom stereocenters. The second-order valence-electron chi connectivity index (χ2n) is 4.40. The summed E-state index contributed by atoms with van der Waals surface area (Å²) in [7, 11) is 1.87. The van der Waals surface area contributed by atoms with Crippen molar-refractivity contribution in [2.75, 3.05) is 13.2 Å². The van der Waals surface area contributed by atoms with E-state index in [1.165, 1.54) is 0 Å². The smallest absolute Gasteiger partial charge is 0.261 e. The maximum absolute atomic E-state index is 11.9. The minimum atomic E-state index is -2.42.